The third-order valence-electron chi connectivity index (χ3n) is 2.82. The maximum Gasteiger partial charge on any atom is 0.225 e. The van der Waals surface area contributed by atoms with Crippen molar-refractivity contribution < 1.29 is 14.0 Å². The van der Waals surface area contributed by atoms with E-state index >= 15 is 0 Å². The summed E-state index contributed by atoms with van der Waals surface area (Å²) in [5.41, 5.74) is 0.153. The number of carbonyl (C=O) groups excluding carboxylic acids is 2. The van der Waals surface area contributed by atoms with Crippen LogP contribution in [-0.4, -0.2) is 24.9 Å². The number of hydrogen-bond acceptors (Lipinski definition) is 2. The van der Waals surface area contributed by atoms with E-state index < -0.39 is 5.41 Å². The number of nitrogens with zero attached hydrogens (tertiary/aromatic N) is 1. The molecule has 1 aromatic carbocycles. The first-order valence-electron chi connectivity index (χ1n) is 6.54. The fourth-order valence-electron chi connectivity index (χ4n) is 1.64. The van der Waals surface area contributed by atoms with Gasteiger partial charge in [0.05, 0.1) is 0 Å². The first kappa shape index (κ1) is 16.1. The van der Waals surface area contributed by atoms with E-state index in [9.17, 15) is 14.0 Å². The molecule has 0 atom stereocenters. The zero-order chi connectivity index (χ0) is 15.3. The number of hydrogen-bond donors (Lipinski definition) is 1. The standard InChI is InChI=1S/C15H21FN2O2/c1-11(19)18(13-7-5-12(16)6-8-13)10-9-17-14(20)15(2,3)4/h5-8H,9-10H2,1-4H3,(H,17,20). The number of anilines is 1. The Bertz CT molecular complexity index is 478. The fourth-order valence-corrected chi connectivity index (χ4v) is 1.64. The van der Waals surface area contributed by atoms with Crippen LogP contribution in [0.2, 0.25) is 0 Å². The van der Waals surface area contributed by atoms with Crippen LogP contribution >= 0.6 is 0 Å². The molecule has 0 aliphatic carbocycles. The molecule has 0 fully saturated rings. The van der Waals surface area contributed by atoms with E-state index in [1.54, 1.807) is 12.1 Å². The molecule has 110 valence electrons. The van der Waals surface area contributed by atoms with Gasteiger partial charge in [-0.25, -0.2) is 4.39 Å². The number of carbonyl (C=O) groups is 2. The predicted molar refractivity (Wildman–Crippen MR) is 76.9 cm³/mol. The molecule has 0 saturated carbocycles. The van der Waals surface area contributed by atoms with E-state index in [2.05, 4.69) is 5.32 Å². The van der Waals surface area contributed by atoms with Gasteiger partial charge >= 0.3 is 0 Å². The molecule has 1 aromatic rings. The lowest BCUT2D eigenvalue weighted by Gasteiger charge is -2.23. The second kappa shape index (κ2) is 6.50. The quantitative estimate of drug-likeness (QED) is 0.920. The SMILES string of the molecule is CC(=O)N(CCNC(=O)C(C)(C)C)c1ccc(F)cc1. The molecule has 0 saturated heterocycles. The molecule has 0 bridgehead atoms. The predicted octanol–water partition coefficient (Wildman–Crippen LogP) is 2.34. The lowest BCUT2D eigenvalue weighted by molar-refractivity contribution is -0.128. The van der Waals surface area contributed by atoms with E-state index in [0.717, 1.165) is 0 Å². The van der Waals surface area contributed by atoms with Gasteiger partial charge in [-0.15, -0.1) is 0 Å². The summed E-state index contributed by atoms with van der Waals surface area (Å²) in [7, 11) is 0. The molecule has 0 spiro atoms. The van der Waals surface area contributed by atoms with E-state index in [-0.39, 0.29) is 17.6 Å². The highest BCUT2D eigenvalue weighted by Crippen LogP contribution is 2.15. The van der Waals surface area contributed by atoms with Crippen LogP contribution in [0.5, 0.6) is 0 Å². The summed E-state index contributed by atoms with van der Waals surface area (Å²) in [6.45, 7) is 7.62. The molecule has 0 aromatic heterocycles. The summed E-state index contributed by atoms with van der Waals surface area (Å²) < 4.78 is 12.9. The van der Waals surface area contributed by atoms with Crippen molar-refractivity contribution in [2.75, 3.05) is 18.0 Å². The van der Waals surface area contributed by atoms with E-state index in [1.165, 1.54) is 24.0 Å². The Labute approximate surface area is 119 Å². The molecular formula is C15H21FN2O2. The molecule has 2 amide bonds. The van der Waals surface area contributed by atoms with E-state index in [0.29, 0.717) is 18.8 Å². The lowest BCUT2D eigenvalue weighted by Crippen LogP contribution is -2.41. The maximum absolute atomic E-state index is 12.9. The summed E-state index contributed by atoms with van der Waals surface area (Å²) in [5, 5.41) is 2.78. The number of nitrogens with one attached hydrogen (secondary N) is 1. The second-order valence-corrected chi connectivity index (χ2v) is 5.65. The highest BCUT2D eigenvalue weighted by molar-refractivity contribution is 5.91. The summed E-state index contributed by atoms with van der Waals surface area (Å²) in [4.78, 5) is 24.9. The van der Waals surface area contributed by atoms with Crippen molar-refractivity contribution >= 4 is 17.5 Å². The zero-order valence-corrected chi connectivity index (χ0v) is 12.4. The first-order chi connectivity index (χ1) is 9.21. The number of benzene rings is 1. The van der Waals surface area contributed by atoms with Crippen LogP contribution in [0.1, 0.15) is 27.7 Å². The molecule has 0 aliphatic rings. The molecule has 0 unspecified atom stereocenters. The highest BCUT2D eigenvalue weighted by atomic mass is 19.1. The first-order valence-corrected chi connectivity index (χ1v) is 6.54. The topological polar surface area (TPSA) is 49.4 Å². The Morgan fingerprint density at radius 2 is 1.75 bits per heavy atom. The molecule has 0 aliphatic heterocycles. The summed E-state index contributed by atoms with van der Waals surface area (Å²) >= 11 is 0. The fraction of sp³-hybridized carbons (Fsp3) is 0.467. The second-order valence-electron chi connectivity index (χ2n) is 5.65. The van der Waals surface area contributed by atoms with Crippen LogP contribution in [0.4, 0.5) is 10.1 Å². The van der Waals surface area contributed by atoms with Gasteiger partial charge in [-0.3, -0.25) is 9.59 Å². The Kier molecular flexibility index (Phi) is 5.25. The van der Waals surface area contributed by atoms with Crippen LogP contribution in [-0.2, 0) is 9.59 Å². The Morgan fingerprint density at radius 1 is 1.20 bits per heavy atom. The molecule has 1 rings (SSSR count). The largest absolute Gasteiger partial charge is 0.354 e. The van der Waals surface area contributed by atoms with Gasteiger partial charge in [-0.1, -0.05) is 20.8 Å². The summed E-state index contributed by atoms with van der Waals surface area (Å²) in [6.07, 6.45) is 0. The Morgan fingerprint density at radius 3 is 2.20 bits per heavy atom. The van der Waals surface area contributed by atoms with Crippen molar-refractivity contribution in [3.63, 3.8) is 0 Å². The van der Waals surface area contributed by atoms with Crippen LogP contribution < -0.4 is 10.2 Å². The number of halogens is 1. The monoisotopic (exact) mass is 280 g/mol. The van der Waals surface area contributed by atoms with Crippen molar-refractivity contribution in [2.24, 2.45) is 5.41 Å². The van der Waals surface area contributed by atoms with Crippen LogP contribution in [0.3, 0.4) is 0 Å². The van der Waals surface area contributed by atoms with Gasteiger partial charge < -0.3 is 10.2 Å². The average molecular weight is 280 g/mol. The zero-order valence-electron chi connectivity index (χ0n) is 12.4. The van der Waals surface area contributed by atoms with Gasteiger partial charge in [0.25, 0.3) is 0 Å². The minimum absolute atomic E-state index is 0.0693. The van der Waals surface area contributed by atoms with Gasteiger partial charge in [0.2, 0.25) is 11.8 Å². The molecule has 0 heterocycles. The lowest BCUT2D eigenvalue weighted by atomic mass is 9.96. The summed E-state index contributed by atoms with van der Waals surface area (Å²) in [6, 6.07) is 5.70. The minimum atomic E-state index is -0.461. The molecule has 0 radical (unpaired) electrons. The number of amides is 2. The van der Waals surface area contributed by atoms with Gasteiger partial charge in [-0.05, 0) is 24.3 Å². The molecule has 1 N–H and O–H groups in total. The van der Waals surface area contributed by atoms with Crippen LogP contribution in [0.25, 0.3) is 0 Å². The molecule has 5 heteroatoms. The van der Waals surface area contributed by atoms with Gasteiger partial charge in [0, 0.05) is 31.1 Å². The van der Waals surface area contributed by atoms with Crippen molar-refractivity contribution in [1.82, 2.24) is 5.32 Å². The van der Waals surface area contributed by atoms with Gasteiger partial charge in [0.15, 0.2) is 0 Å². The van der Waals surface area contributed by atoms with Crippen LogP contribution in [0, 0.1) is 11.2 Å². The molecule has 4 nitrogen and oxygen atoms in total. The number of rotatable bonds is 4. The minimum Gasteiger partial charge on any atom is -0.354 e. The van der Waals surface area contributed by atoms with Crippen molar-refractivity contribution in [3.8, 4) is 0 Å². The Balaban J connectivity index is 2.63. The van der Waals surface area contributed by atoms with Crippen molar-refractivity contribution in [1.29, 1.82) is 0 Å². The van der Waals surface area contributed by atoms with Gasteiger partial charge in [0.1, 0.15) is 5.82 Å². The van der Waals surface area contributed by atoms with Gasteiger partial charge in [-0.2, -0.15) is 0 Å². The summed E-state index contributed by atoms with van der Waals surface area (Å²) in [5.74, 6) is -0.569. The normalized spacial score (nSPS) is 11.1. The highest BCUT2D eigenvalue weighted by Gasteiger charge is 2.21. The Hall–Kier alpha value is -1.91. The van der Waals surface area contributed by atoms with Crippen LogP contribution in [0.15, 0.2) is 24.3 Å². The average Bonchev–Trinajstić information content (AvgIpc) is 2.34. The molecular weight excluding hydrogens is 259 g/mol. The smallest absolute Gasteiger partial charge is 0.225 e. The van der Waals surface area contributed by atoms with Crippen molar-refractivity contribution in [3.05, 3.63) is 30.1 Å². The molecule has 20 heavy (non-hydrogen) atoms. The maximum atomic E-state index is 12.9. The third kappa shape index (κ3) is 4.64. The third-order valence-corrected chi connectivity index (χ3v) is 2.82. The van der Waals surface area contributed by atoms with Crippen molar-refractivity contribution in [2.45, 2.75) is 27.7 Å². The van der Waals surface area contributed by atoms with E-state index in [4.69, 9.17) is 0 Å². The van der Waals surface area contributed by atoms with E-state index in [1.807, 2.05) is 20.8 Å².